The minimum atomic E-state index is -1.18. The second kappa shape index (κ2) is 8.41. The molecule has 1 spiro atoms. The third-order valence-electron chi connectivity index (χ3n) is 5.80. The van der Waals surface area contributed by atoms with E-state index < -0.39 is 17.5 Å². The van der Waals surface area contributed by atoms with Gasteiger partial charge in [-0.05, 0) is 24.0 Å². The summed E-state index contributed by atoms with van der Waals surface area (Å²) in [4.78, 5) is 39.9. The number of fused-ring (bicyclic) bond motifs is 2. The lowest BCUT2D eigenvalue weighted by atomic mass is 9.84. The molecule has 1 fully saturated rings. The molecule has 4 rings (SSSR count). The van der Waals surface area contributed by atoms with Gasteiger partial charge in [0.25, 0.3) is 5.91 Å². The van der Waals surface area contributed by atoms with Crippen LogP contribution < -0.4 is 15.4 Å². The van der Waals surface area contributed by atoms with Crippen LogP contribution >= 0.6 is 0 Å². The average Bonchev–Trinajstić information content (AvgIpc) is 2.98. The van der Waals surface area contributed by atoms with Gasteiger partial charge in [-0.25, -0.2) is 4.79 Å². The monoisotopic (exact) mass is 421 g/mol. The molecule has 0 saturated carbocycles. The maximum Gasteiger partial charge on any atom is 0.325 e. The Morgan fingerprint density at radius 1 is 1.13 bits per heavy atom. The fraction of sp³-hybridized carbons (Fsp3) is 0.375. The average molecular weight is 421 g/mol. The lowest BCUT2D eigenvalue weighted by Gasteiger charge is -2.33. The number of benzene rings is 2. The first-order valence-electron chi connectivity index (χ1n) is 10.6. The molecule has 31 heavy (non-hydrogen) atoms. The second-order valence-corrected chi connectivity index (χ2v) is 8.48. The van der Waals surface area contributed by atoms with Gasteiger partial charge in [0.1, 0.15) is 12.3 Å². The third-order valence-corrected chi connectivity index (χ3v) is 5.80. The molecule has 2 heterocycles. The van der Waals surface area contributed by atoms with Gasteiger partial charge in [-0.3, -0.25) is 14.5 Å². The molecule has 162 valence electrons. The standard InChI is InChI=1S/C24H27N3O4/c1-16(2)14-19(17-8-4-3-5-9-17)25-21(28)15-27-22(29)24(26-23(27)30)12-13-31-20-11-7-6-10-18(20)24/h3-11,16,19H,12-15H2,1-2H3,(H,25,28)(H,26,30). The maximum atomic E-state index is 13.3. The van der Waals surface area contributed by atoms with E-state index in [1.54, 1.807) is 18.2 Å². The van der Waals surface area contributed by atoms with Gasteiger partial charge in [0.2, 0.25) is 5.91 Å². The van der Waals surface area contributed by atoms with Crippen molar-refractivity contribution in [2.24, 2.45) is 5.92 Å². The van der Waals surface area contributed by atoms with Crippen molar-refractivity contribution in [3.8, 4) is 5.75 Å². The van der Waals surface area contributed by atoms with Crippen LogP contribution in [0, 0.1) is 5.92 Å². The van der Waals surface area contributed by atoms with Gasteiger partial charge < -0.3 is 15.4 Å². The molecule has 2 atom stereocenters. The quantitative estimate of drug-likeness (QED) is 0.702. The van der Waals surface area contributed by atoms with Gasteiger partial charge in [-0.2, -0.15) is 0 Å². The van der Waals surface area contributed by atoms with E-state index in [2.05, 4.69) is 24.5 Å². The number of nitrogens with one attached hydrogen (secondary N) is 2. The highest BCUT2D eigenvalue weighted by Gasteiger charge is 2.55. The van der Waals surface area contributed by atoms with Gasteiger partial charge in [-0.15, -0.1) is 0 Å². The van der Waals surface area contributed by atoms with Crippen LogP contribution in [0.2, 0.25) is 0 Å². The lowest BCUT2D eigenvalue weighted by Crippen LogP contribution is -2.48. The molecule has 2 aliphatic heterocycles. The van der Waals surface area contributed by atoms with Crippen LogP contribution in [0.25, 0.3) is 0 Å². The van der Waals surface area contributed by atoms with E-state index in [4.69, 9.17) is 4.74 Å². The van der Waals surface area contributed by atoms with Crippen LogP contribution in [0.5, 0.6) is 5.75 Å². The number of urea groups is 1. The molecule has 7 nitrogen and oxygen atoms in total. The predicted molar refractivity (Wildman–Crippen MR) is 115 cm³/mol. The summed E-state index contributed by atoms with van der Waals surface area (Å²) in [5, 5.41) is 5.83. The normalized spacial score (nSPS) is 20.9. The molecular weight excluding hydrogens is 394 g/mol. The lowest BCUT2D eigenvalue weighted by molar-refractivity contribution is -0.136. The Balaban J connectivity index is 1.51. The molecule has 2 N–H and O–H groups in total. The summed E-state index contributed by atoms with van der Waals surface area (Å²) < 4.78 is 5.65. The maximum absolute atomic E-state index is 13.3. The van der Waals surface area contributed by atoms with Crippen molar-refractivity contribution < 1.29 is 19.1 Å². The van der Waals surface area contributed by atoms with Gasteiger partial charge >= 0.3 is 6.03 Å². The first-order chi connectivity index (χ1) is 14.9. The highest BCUT2D eigenvalue weighted by molar-refractivity contribution is 6.09. The number of imide groups is 1. The zero-order chi connectivity index (χ0) is 22.0. The van der Waals surface area contributed by atoms with Crippen molar-refractivity contribution in [1.29, 1.82) is 0 Å². The van der Waals surface area contributed by atoms with Crippen molar-refractivity contribution in [3.05, 3.63) is 65.7 Å². The summed E-state index contributed by atoms with van der Waals surface area (Å²) in [7, 11) is 0. The fourth-order valence-electron chi connectivity index (χ4n) is 4.33. The van der Waals surface area contributed by atoms with E-state index in [1.807, 2.05) is 36.4 Å². The molecule has 0 aliphatic carbocycles. The van der Waals surface area contributed by atoms with Crippen LogP contribution in [-0.4, -0.2) is 35.9 Å². The topological polar surface area (TPSA) is 87.7 Å². The van der Waals surface area contributed by atoms with Gasteiger partial charge in [-0.1, -0.05) is 62.4 Å². The summed E-state index contributed by atoms with van der Waals surface area (Å²) in [6, 6.07) is 16.2. The summed E-state index contributed by atoms with van der Waals surface area (Å²) in [5.74, 6) is 0.165. The summed E-state index contributed by atoms with van der Waals surface area (Å²) >= 11 is 0. The summed E-state index contributed by atoms with van der Waals surface area (Å²) in [5.41, 5.74) is 0.448. The molecule has 2 aromatic rings. The largest absolute Gasteiger partial charge is 0.493 e. The number of carbonyl (C=O) groups is 3. The Labute approximate surface area is 181 Å². The van der Waals surface area contributed by atoms with E-state index >= 15 is 0 Å². The van der Waals surface area contributed by atoms with Crippen molar-refractivity contribution in [2.75, 3.05) is 13.2 Å². The van der Waals surface area contributed by atoms with Crippen molar-refractivity contribution in [3.63, 3.8) is 0 Å². The van der Waals surface area contributed by atoms with E-state index in [0.29, 0.717) is 30.3 Å². The number of para-hydroxylation sites is 1. The SMILES string of the molecule is CC(C)CC(NC(=O)CN1C(=O)NC2(CCOc3ccccc32)C1=O)c1ccccc1. The van der Waals surface area contributed by atoms with Crippen LogP contribution in [0.15, 0.2) is 54.6 Å². The zero-order valence-corrected chi connectivity index (χ0v) is 17.8. The smallest absolute Gasteiger partial charge is 0.325 e. The minimum Gasteiger partial charge on any atom is -0.493 e. The Hall–Kier alpha value is -3.35. The van der Waals surface area contributed by atoms with Crippen LogP contribution in [0.4, 0.5) is 4.79 Å². The Morgan fingerprint density at radius 2 is 1.84 bits per heavy atom. The number of hydrogen-bond donors (Lipinski definition) is 2. The highest BCUT2D eigenvalue weighted by Crippen LogP contribution is 2.40. The van der Waals surface area contributed by atoms with Gasteiger partial charge in [0, 0.05) is 12.0 Å². The molecule has 0 radical (unpaired) electrons. The Morgan fingerprint density at radius 3 is 2.58 bits per heavy atom. The zero-order valence-electron chi connectivity index (χ0n) is 17.8. The molecule has 0 bridgehead atoms. The van der Waals surface area contributed by atoms with Gasteiger partial charge in [0.05, 0.1) is 12.6 Å². The predicted octanol–water partition coefficient (Wildman–Crippen LogP) is 3.12. The van der Waals surface area contributed by atoms with Crippen molar-refractivity contribution >= 4 is 17.8 Å². The molecule has 1 saturated heterocycles. The number of ether oxygens (including phenoxy) is 1. The number of amides is 4. The molecule has 7 heteroatoms. The van der Waals surface area contributed by atoms with Crippen LogP contribution in [-0.2, 0) is 15.1 Å². The Kier molecular flexibility index (Phi) is 5.67. The Bertz CT molecular complexity index is 991. The number of hydrogen-bond acceptors (Lipinski definition) is 4. The summed E-state index contributed by atoms with van der Waals surface area (Å²) in [6.45, 7) is 4.17. The fourth-order valence-corrected chi connectivity index (χ4v) is 4.33. The van der Waals surface area contributed by atoms with E-state index in [1.165, 1.54) is 0 Å². The number of nitrogens with zero attached hydrogens (tertiary/aromatic N) is 1. The molecule has 0 aromatic heterocycles. The number of rotatable bonds is 6. The minimum absolute atomic E-state index is 0.188. The molecule has 4 amide bonds. The third kappa shape index (κ3) is 4.00. The number of carbonyl (C=O) groups excluding carboxylic acids is 3. The van der Waals surface area contributed by atoms with E-state index in [-0.39, 0.29) is 18.5 Å². The molecule has 2 aliphatic rings. The van der Waals surface area contributed by atoms with Crippen LogP contribution in [0.1, 0.15) is 43.9 Å². The highest BCUT2D eigenvalue weighted by atomic mass is 16.5. The van der Waals surface area contributed by atoms with E-state index in [9.17, 15) is 14.4 Å². The van der Waals surface area contributed by atoms with E-state index in [0.717, 1.165) is 16.9 Å². The van der Waals surface area contributed by atoms with Gasteiger partial charge in [0.15, 0.2) is 5.54 Å². The van der Waals surface area contributed by atoms with Crippen molar-refractivity contribution in [2.45, 2.75) is 38.3 Å². The first kappa shape index (κ1) is 20.9. The molecule has 2 aromatic carbocycles. The first-order valence-corrected chi connectivity index (χ1v) is 10.6. The second-order valence-electron chi connectivity index (χ2n) is 8.48. The van der Waals surface area contributed by atoms with Crippen molar-refractivity contribution in [1.82, 2.24) is 15.5 Å². The summed E-state index contributed by atoms with van der Waals surface area (Å²) in [6.07, 6.45) is 1.08. The molecule has 2 unspecified atom stereocenters. The molecular formula is C24H27N3O4. The van der Waals surface area contributed by atoms with Crippen LogP contribution in [0.3, 0.4) is 0 Å².